The van der Waals surface area contributed by atoms with Gasteiger partial charge in [0.15, 0.2) is 0 Å². The summed E-state index contributed by atoms with van der Waals surface area (Å²) in [6.45, 7) is 2.51. The van der Waals surface area contributed by atoms with Gasteiger partial charge in [-0.25, -0.2) is 4.98 Å². The summed E-state index contributed by atoms with van der Waals surface area (Å²) in [6.07, 6.45) is 4.02. The van der Waals surface area contributed by atoms with Gasteiger partial charge in [-0.1, -0.05) is 6.07 Å². The van der Waals surface area contributed by atoms with Crippen molar-refractivity contribution < 1.29 is 9.21 Å². The highest BCUT2D eigenvalue weighted by Crippen LogP contribution is 2.28. The molecule has 1 amide bonds. The maximum absolute atomic E-state index is 12.7. The summed E-state index contributed by atoms with van der Waals surface area (Å²) in [5, 5.41) is 8.69. The molecule has 0 spiro atoms. The molecule has 1 unspecified atom stereocenters. The predicted octanol–water partition coefficient (Wildman–Crippen LogP) is 1.11. The van der Waals surface area contributed by atoms with Gasteiger partial charge in [0.1, 0.15) is 5.69 Å². The van der Waals surface area contributed by atoms with Gasteiger partial charge in [0.05, 0.1) is 18.1 Å². The van der Waals surface area contributed by atoms with Crippen LogP contribution in [0, 0.1) is 0 Å². The minimum atomic E-state index is -0.295. The van der Waals surface area contributed by atoms with Crippen molar-refractivity contribution in [2.45, 2.75) is 19.4 Å². The van der Waals surface area contributed by atoms with Crippen LogP contribution in [0.2, 0.25) is 0 Å². The first kappa shape index (κ1) is 15.0. The summed E-state index contributed by atoms with van der Waals surface area (Å²) in [4.78, 5) is 26.1. The fraction of sp³-hybridized carbons (Fsp3) is 0.267. The standard InChI is InChI=1S/C15H15N6O2P/c1-8-11-9(17-7-18-11)4-6-21(8)15(22)14-20-19-13(23-14)12-10(24)3-2-5-16-12/h2-3,5,7-8H,4,6,24H2,1H3,(H,17,18)/t8-/m1/s1. The number of hydrogen-bond acceptors (Lipinski definition) is 6. The van der Waals surface area contributed by atoms with Gasteiger partial charge in [0, 0.05) is 30.2 Å². The van der Waals surface area contributed by atoms with Gasteiger partial charge >= 0.3 is 11.8 Å². The van der Waals surface area contributed by atoms with Crippen LogP contribution >= 0.6 is 9.24 Å². The molecule has 4 heterocycles. The molecule has 122 valence electrons. The molecule has 3 aromatic rings. The monoisotopic (exact) mass is 342 g/mol. The van der Waals surface area contributed by atoms with E-state index in [1.165, 1.54) is 0 Å². The molecule has 24 heavy (non-hydrogen) atoms. The maximum Gasteiger partial charge on any atom is 0.311 e. The van der Waals surface area contributed by atoms with E-state index in [0.717, 1.165) is 23.1 Å². The minimum Gasteiger partial charge on any atom is -0.411 e. The second-order valence-electron chi connectivity index (χ2n) is 5.54. The van der Waals surface area contributed by atoms with E-state index < -0.39 is 0 Å². The summed E-state index contributed by atoms with van der Waals surface area (Å²) < 4.78 is 5.57. The summed E-state index contributed by atoms with van der Waals surface area (Å²) in [7, 11) is 2.56. The Morgan fingerprint density at radius 1 is 1.42 bits per heavy atom. The van der Waals surface area contributed by atoms with Crippen LogP contribution in [0.15, 0.2) is 29.1 Å². The number of rotatable bonds is 2. The number of nitrogens with zero attached hydrogens (tertiary/aromatic N) is 5. The van der Waals surface area contributed by atoms with Crippen molar-refractivity contribution in [2.75, 3.05) is 6.54 Å². The Morgan fingerprint density at radius 2 is 2.29 bits per heavy atom. The zero-order valence-electron chi connectivity index (χ0n) is 12.9. The van der Waals surface area contributed by atoms with Gasteiger partial charge < -0.3 is 14.3 Å². The number of amides is 1. The third kappa shape index (κ3) is 2.39. The lowest BCUT2D eigenvalue weighted by atomic mass is 10.0. The van der Waals surface area contributed by atoms with E-state index in [1.54, 1.807) is 17.4 Å². The van der Waals surface area contributed by atoms with Crippen LogP contribution in [-0.2, 0) is 6.42 Å². The summed E-state index contributed by atoms with van der Waals surface area (Å²) in [5.74, 6) is -0.101. The Kier molecular flexibility index (Phi) is 3.61. The number of pyridine rings is 1. The van der Waals surface area contributed by atoms with Crippen molar-refractivity contribution >= 4 is 20.5 Å². The fourth-order valence-electron chi connectivity index (χ4n) is 2.87. The topological polar surface area (TPSA) is 101 Å². The first-order valence-corrected chi connectivity index (χ1v) is 8.10. The molecule has 8 nitrogen and oxygen atoms in total. The summed E-state index contributed by atoms with van der Waals surface area (Å²) >= 11 is 0. The van der Waals surface area contributed by atoms with Crippen molar-refractivity contribution in [1.29, 1.82) is 0 Å². The van der Waals surface area contributed by atoms with E-state index in [0.29, 0.717) is 12.2 Å². The summed E-state index contributed by atoms with van der Waals surface area (Å²) in [6, 6.07) is 3.53. The number of nitrogens with one attached hydrogen (secondary N) is 1. The van der Waals surface area contributed by atoms with Crippen LogP contribution < -0.4 is 5.30 Å². The van der Waals surface area contributed by atoms with Crippen molar-refractivity contribution in [3.63, 3.8) is 0 Å². The molecule has 9 heteroatoms. The Bertz CT molecular complexity index is 905. The third-order valence-electron chi connectivity index (χ3n) is 4.13. The number of H-pyrrole nitrogens is 1. The largest absolute Gasteiger partial charge is 0.411 e. The Labute approximate surface area is 139 Å². The van der Waals surface area contributed by atoms with Crippen molar-refractivity contribution in [3.8, 4) is 11.6 Å². The highest BCUT2D eigenvalue weighted by atomic mass is 31.0. The first-order chi connectivity index (χ1) is 11.6. The van der Waals surface area contributed by atoms with Gasteiger partial charge in [-0.3, -0.25) is 9.78 Å². The molecule has 0 bridgehead atoms. The van der Waals surface area contributed by atoms with Crippen molar-refractivity contribution in [2.24, 2.45) is 0 Å². The number of aromatic amines is 1. The minimum absolute atomic E-state index is 0.0362. The van der Waals surface area contributed by atoms with Crippen LogP contribution in [0.3, 0.4) is 0 Å². The molecule has 1 N–H and O–H groups in total. The number of carbonyl (C=O) groups excluding carboxylic acids is 1. The maximum atomic E-state index is 12.7. The second-order valence-corrected chi connectivity index (χ2v) is 6.17. The number of fused-ring (bicyclic) bond motifs is 1. The lowest BCUT2D eigenvalue weighted by molar-refractivity contribution is 0.0632. The molecular formula is C15H15N6O2P. The molecule has 0 radical (unpaired) electrons. The molecule has 4 rings (SSSR count). The van der Waals surface area contributed by atoms with Gasteiger partial charge in [0.25, 0.3) is 5.89 Å². The number of imidazole rings is 1. The molecule has 0 saturated heterocycles. The van der Waals surface area contributed by atoms with Crippen LogP contribution in [0.5, 0.6) is 0 Å². The van der Waals surface area contributed by atoms with Crippen LogP contribution in [0.25, 0.3) is 11.6 Å². The molecule has 1 aliphatic heterocycles. The lowest BCUT2D eigenvalue weighted by Gasteiger charge is -2.31. The van der Waals surface area contributed by atoms with E-state index >= 15 is 0 Å². The number of hydrogen-bond donors (Lipinski definition) is 1. The second kappa shape index (κ2) is 5.79. The molecule has 0 aromatic carbocycles. The van der Waals surface area contributed by atoms with Crippen LogP contribution in [-0.4, -0.2) is 42.5 Å². The number of carbonyl (C=O) groups is 1. The van der Waals surface area contributed by atoms with Gasteiger partial charge in [-0.05, 0) is 13.0 Å². The van der Waals surface area contributed by atoms with Crippen molar-refractivity contribution in [1.82, 2.24) is 30.0 Å². The molecule has 1 aliphatic rings. The van der Waals surface area contributed by atoms with E-state index in [9.17, 15) is 4.79 Å². The zero-order valence-corrected chi connectivity index (χ0v) is 14.1. The van der Waals surface area contributed by atoms with Gasteiger partial charge in [0.2, 0.25) is 0 Å². The SMILES string of the molecule is C[C@@H]1c2nc[nH]c2CCN1C(=O)c1nnc(-c2ncccc2P)o1. The molecule has 0 saturated carbocycles. The van der Waals surface area contributed by atoms with Gasteiger partial charge in [-0.2, -0.15) is 0 Å². The Balaban J connectivity index is 1.61. The smallest absolute Gasteiger partial charge is 0.311 e. The molecule has 0 fully saturated rings. The van der Waals surface area contributed by atoms with Crippen LogP contribution in [0.1, 0.15) is 35.0 Å². The van der Waals surface area contributed by atoms with Gasteiger partial charge in [-0.15, -0.1) is 19.4 Å². The van der Waals surface area contributed by atoms with Crippen LogP contribution in [0.4, 0.5) is 0 Å². The average Bonchev–Trinajstić information content (AvgIpc) is 3.25. The normalized spacial score (nSPS) is 16.9. The first-order valence-electron chi connectivity index (χ1n) is 7.52. The molecular weight excluding hydrogens is 327 g/mol. The zero-order chi connectivity index (χ0) is 16.7. The molecule has 2 atom stereocenters. The Morgan fingerprint density at radius 3 is 3.12 bits per heavy atom. The fourth-order valence-corrected chi connectivity index (χ4v) is 3.18. The molecule has 3 aromatic heterocycles. The summed E-state index contributed by atoms with van der Waals surface area (Å²) in [5.41, 5.74) is 2.50. The lowest BCUT2D eigenvalue weighted by Crippen LogP contribution is -2.39. The highest BCUT2D eigenvalue weighted by Gasteiger charge is 2.33. The van der Waals surface area contributed by atoms with E-state index in [4.69, 9.17) is 4.42 Å². The van der Waals surface area contributed by atoms with E-state index in [1.807, 2.05) is 19.1 Å². The van der Waals surface area contributed by atoms with Crippen molar-refractivity contribution in [3.05, 3.63) is 41.9 Å². The number of aromatic nitrogens is 5. The quantitative estimate of drug-likeness (QED) is 0.700. The van der Waals surface area contributed by atoms with E-state index in [-0.39, 0.29) is 23.7 Å². The van der Waals surface area contributed by atoms with E-state index in [2.05, 4.69) is 34.4 Å². The highest BCUT2D eigenvalue weighted by molar-refractivity contribution is 7.27. The molecule has 0 aliphatic carbocycles. The average molecular weight is 342 g/mol. The Hall–Kier alpha value is -2.60. The third-order valence-corrected chi connectivity index (χ3v) is 4.59. The predicted molar refractivity (Wildman–Crippen MR) is 88.6 cm³/mol.